The highest BCUT2D eigenvalue weighted by atomic mass is 79.9. The van der Waals surface area contributed by atoms with Crippen LogP contribution in [0.5, 0.6) is 0 Å². The molecule has 2 fully saturated rings. The normalized spacial score (nSPS) is 17.5. The molecule has 7 nitrogen and oxygen atoms in total. The number of aryl methyl sites for hydroxylation is 1. The van der Waals surface area contributed by atoms with Crippen molar-refractivity contribution in [3.8, 4) is 0 Å². The Balaban J connectivity index is 1.01. The van der Waals surface area contributed by atoms with E-state index in [0.717, 1.165) is 66.5 Å². The van der Waals surface area contributed by atoms with Gasteiger partial charge in [-0.15, -0.1) is 0 Å². The zero-order chi connectivity index (χ0) is 25.8. The Morgan fingerprint density at radius 2 is 1.62 bits per heavy atom. The first-order valence-electron chi connectivity index (χ1n) is 13.0. The van der Waals surface area contributed by atoms with Gasteiger partial charge in [0.25, 0.3) is 5.91 Å². The third kappa shape index (κ3) is 6.40. The predicted octanol–water partition coefficient (Wildman–Crippen LogP) is 3.60. The molecule has 2 saturated heterocycles. The third-order valence-electron chi connectivity index (χ3n) is 7.46. The minimum Gasteiger partial charge on any atom is -0.361 e. The standard InChI is InChI=1S/C28H33BrFN5O2/c29-23-5-1-3-21(17-23)28(37)35-15-11-33(12-16-35)20-27(36)34-13-9-32(10-14-34)8-2-4-22-19-31-26-7-6-24(30)18-25(22)26/h1,3,5-7,17-19,31H,2,4,8-16,20H2. The van der Waals surface area contributed by atoms with Crippen molar-refractivity contribution in [3.05, 3.63) is 70.1 Å². The van der Waals surface area contributed by atoms with E-state index < -0.39 is 0 Å². The molecule has 3 heterocycles. The molecule has 2 aliphatic heterocycles. The number of nitrogens with one attached hydrogen (secondary N) is 1. The predicted molar refractivity (Wildman–Crippen MR) is 146 cm³/mol. The first-order chi connectivity index (χ1) is 18.0. The quantitative estimate of drug-likeness (QED) is 0.472. The molecule has 2 aromatic carbocycles. The second kappa shape index (κ2) is 11.8. The zero-order valence-electron chi connectivity index (χ0n) is 21.0. The van der Waals surface area contributed by atoms with Crippen LogP contribution >= 0.6 is 15.9 Å². The van der Waals surface area contributed by atoms with Crippen LogP contribution in [0.15, 0.2) is 53.1 Å². The summed E-state index contributed by atoms with van der Waals surface area (Å²) in [5.41, 5.74) is 2.81. The summed E-state index contributed by atoms with van der Waals surface area (Å²) in [5, 5.41) is 0.966. The number of aromatic amines is 1. The molecule has 2 aliphatic rings. The van der Waals surface area contributed by atoms with Crippen molar-refractivity contribution in [3.63, 3.8) is 0 Å². The highest BCUT2D eigenvalue weighted by Gasteiger charge is 2.26. The van der Waals surface area contributed by atoms with Gasteiger partial charge in [0.05, 0.1) is 6.54 Å². The highest BCUT2D eigenvalue weighted by Crippen LogP contribution is 2.21. The van der Waals surface area contributed by atoms with Crippen molar-refractivity contribution in [2.45, 2.75) is 12.8 Å². The Morgan fingerprint density at radius 1 is 0.892 bits per heavy atom. The van der Waals surface area contributed by atoms with Gasteiger partial charge < -0.3 is 14.8 Å². The monoisotopic (exact) mass is 569 g/mol. The van der Waals surface area contributed by atoms with Gasteiger partial charge in [0.1, 0.15) is 5.82 Å². The van der Waals surface area contributed by atoms with Crippen LogP contribution in [-0.2, 0) is 11.2 Å². The van der Waals surface area contributed by atoms with E-state index in [0.29, 0.717) is 38.3 Å². The lowest BCUT2D eigenvalue weighted by Crippen LogP contribution is -2.54. The molecular weight excluding hydrogens is 537 g/mol. The van der Waals surface area contributed by atoms with Gasteiger partial charge in [-0.2, -0.15) is 0 Å². The van der Waals surface area contributed by atoms with Gasteiger partial charge in [-0.25, -0.2) is 4.39 Å². The van der Waals surface area contributed by atoms with E-state index in [9.17, 15) is 14.0 Å². The van der Waals surface area contributed by atoms with Crippen molar-refractivity contribution in [2.75, 3.05) is 65.4 Å². The number of fused-ring (bicyclic) bond motifs is 1. The van der Waals surface area contributed by atoms with Crippen LogP contribution in [0.4, 0.5) is 4.39 Å². The number of carbonyl (C=O) groups is 2. The average molecular weight is 571 g/mol. The summed E-state index contributed by atoms with van der Waals surface area (Å²) in [6.07, 6.45) is 3.89. The second-order valence-corrected chi connectivity index (χ2v) is 10.8. The number of carbonyl (C=O) groups excluding carboxylic acids is 2. The van der Waals surface area contributed by atoms with Gasteiger partial charge in [-0.1, -0.05) is 22.0 Å². The van der Waals surface area contributed by atoms with Crippen molar-refractivity contribution in [1.82, 2.24) is 24.6 Å². The lowest BCUT2D eigenvalue weighted by Gasteiger charge is -2.38. The summed E-state index contributed by atoms with van der Waals surface area (Å²) in [7, 11) is 0. The molecule has 1 N–H and O–H groups in total. The van der Waals surface area contributed by atoms with E-state index in [2.05, 4.69) is 30.7 Å². The lowest BCUT2D eigenvalue weighted by atomic mass is 10.1. The lowest BCUT2D eigenvalue weighted by molar-refractivity contribution is -0.134. The molecule has 37 heavy (non-hydrogen) atoms. The van der Waals surface area contributed by atoms with Crippen molar-refractivity contribution >= 4 is 38.6 Å². The third-order valence-corrected chi connectivity index (χ3v) is 7.96. The molecule has 0 saturated carbocycles. The Morgan fingerprint density at radius 3 is 2.38 bits per heavy atom. The maximum absolute atomic E-state index is 13.6. The molecule has 0 bridgehead atoms. The van der Waals surface area contributed by atoms with E-state index in [1.807, 2.05) is 40.3 Å². The number of rotatable bonds is 7. The average Bonchev–Trinajstić information content (AvgIpc) is 3.31. The molecule has 0 spiro atoms. The summed E-state index contributed by atoms with van der Waals surface area (Å²) >= 11 is 3.43. The fraction of sp³-hybridized carbons (Fsp3) is 0.429. The summed E-state index contributed by atoms with van der Waals surface area (Å²) in [5.74, 6) is 0.0117. The minimum atomic E-state index is -0.204. The molecular formula is C28H33BrFN5O2. The molecule has 2 amide bonds. The molecule has 0 aliphatic carbocycles. The number of halogens is 2. The van der Waals surface area contributed by atoms with Crippen LogP contribution in [0.3, 0.4) is 0 Å². The number of amides is 2. The largest absolute Gasteiger partial charge is 0.361 e. The van der Waals surface area contributed by atoms with E-state index in [-0.39, 0.29) is 17.6 Å². The van der Waals surface area contributed by atoms with Gasteiger partial charge >= 0.3 is 0 Å². The van der Waals surface area contributed by atoms with Crippen molar-refractivity contribution < 1.29 is 14.0 Å². The number of hydrogen-bond acceptors (Lipinski definition) is 4. The molecule has 5 rings (SSSR count). The van der Waals surface area contributed by atoms with Crippen LogP contribution in [0.1, 0.15) is 22.3 Å². The number of aromatic nitrogens is 1. The number of benzene rings is 2. The van der Waals surface area contributed by atoms with Crippen molar-refractivity contribution in [2.24, 2.45) is 0 Å². The first kappa shape index (κ1) is 25.9. The second-order valence-electron chi connectivity index (χ2n) is 9.91. The Labute approximate surface area is 225 Å². The SMILES string of the molecule is O=C(CN1CCN(C(=O)c2cccc(Br)c2)CC1)N1CCN(CCCc2c[nH]c3ccc(F)cc23)CC1. The number of piperazine rings is 2. The van der Waals surface area contributed by atoms with E-state index >= 15 is 0 Å². The van der Waals surface area contributed by atoms with Crippen LogP contribution in [0, 0.1) is 5.82 Å². The number of nitrogens with zero attached hydrogens (tertiary/aromatic N) is 4. The fourth-order valence-corrected chi connectivity index (χ4v) is 5.68. The summed E-state index contributed by atoms with van der Waals surface area (Å²) < 4.78 is 14.5. The van der Waals surface area contributed by atoms with Crippen LogP contribution < -0.4 is 0 Å². The first-order valence-corrected chi connectivity index (χ1v) is 13.8. The fourth-order valence-electron chi connectivity index (χ4n) is 5.28. The number of H-pyrrole nitrogens is 1. The highest BCUT2D eigenvalue weighted by molar-refractivity contribution is 9.10. The molecule has 0 radical (unpaired) electrons. The number of hydrogen-bond donors (Lipinski definition) is 1. The summed E-state index contributed by atoms with van der Waals surface area (Å²) in [6, 6.07) is 12.3. The zero-order valence-corrected chi connectivity index (χ0v) is 22.6. The Hall–Kier alpha value is -2.75. The van der Waals surface area contributed by atoms with Crippen LogP contribution in [0.2, 0.25) is 0 Å². The Bertz CT molecular complexity index is 1250. The van der Waals surface area contributed by atoms with E-state index in [4.69, 9.17) is 0 Å². The molecule has 9 heteroatoms. The maximum Gasteiger partial charge on any atom is 0.253 e. The molecule has 196 valence electrons. The topological polar surface area (TPSA) is 62.9 Å². The van der Waals surface area contributed by atoms with Gasteiger partial charge in [-0.05, 0) is 61.3 Å². The van der Waals surface area contributed by atoms with E-state index in [1.165, 1.54) is 6.07 Å². The van der Waals surface area contributed by atoms with Gasteiger partial charge in [0, 0.05) is 79.5 Å². The van der Waals surface area contributed by atoms with Crippen LogP contribution in [0.25, 0.3) is 10.9 Å². The van der Waals surface area contributed by atoms with Crippen LogP contribution in [-0.4, -0.2) is 102 Å². The van der Waals surface area contributed by atoms with Gasteiger partial charge in [-0.3, -0.25) is 19.4 Å². The van der Waals surface area contributed by atoms with Crippen molar-refractivity contribution in [1.29, 1.82) is 0 Å². The van der Waals surface area contributed by atoms with Gasteiger partial charge in [0.15, 0.2) is 0 Å². The molecule has 1 aromatic heterocycles. The summed E-state index contributed by atoms with van der Waals surface area (Å²) in [6.45, 7) is 7.33. The molecule has 0 atom stereocenters. The minimum absolute atomic E-state index is 0.0419. The summed E-state index contributed by atoms with van der Waals surface area (Å²) in [4.78, 5) is 37.3. The smallest absolute Gasteiger partial charge is 0.253 e. The Kier molecular flexibility index (Phi) is 8.22. The maximum atomic E-state index is 13.6. The molecule has 3 aromatic rings. The molecule has 0 unspecified atom stereocenters. The van der Waals surface area contributed by atoms with E-state index in [1.54, 1.807) is 12.1 Å². The van der Waals surface area contributed by atoms with Gasteiger partial charge in [0.2, 0.25) is 5.91 Å².